The highest BCUT2D eigenvalue weighted by molar-refractivity contribution is 6.29. The Labute approximate surface area is 78.6 Å². The quantitative estimate of drug-likeness (QED) is 0.657. The number of halogens is 1. The first-order valence-electron chi connectivity index (χ1n) is 3.47. The van der Waals surface area contributed by atoms with E-state index in [1.54, 1.807) is 7.05 Å². The molecule has 2 heterocycles. The van der Waals surface area contributed by atoms with Crippen LogP contribution < -0.4 is 0 Å². The predicted molar refractivity (Wildman–Crippen MR) is 44.8 cm³/mol. The van der Waals surface area contributed by atoms with Gasteiger partial charge in [0.1, 0.15) is 10.8 Å². The SMILES string of the molecule is Cn1nnc(-c2cnc(Cl)cn2)n1. The maximum absolute atomic E-state index is 5.57. The third-order valence-corrected chi connectivity index (χ3v) is 1.55. The summed E-state index contributed by atoms with van der Waals surface area (Å²) >= 11 is 5.57. The average molecular weight is 197 g/mol. The van der Waals surface area contributed by atoms with Crippen molar-refractivity contribution in [1.29, 1.82) is 0 Å². The van der Waals surface area contributed by atoms with Crippen molar-refractivity contribution in [2.45, 2.75) is 0 Å². The Morgan fingerprint density at radius 3 is 2.69 bits per heavy atom. The number of tetrazole rings is 1. The van der Waals surface area contributed by atoms with Crippen LogP contribution in [0.15, 0.2) is 12.4 Å². The first-order valence-corrected chi connectivity index (χ1v) is 3.85. The number of rotatable bonds is 1. The summed E-state index contributed by atoms with van der Waals surface area (Å²) in [4.78, 5) is 9.19. The molecule has 0 unspecified atom stereocenters. The number of aryl methyl sites for hydroxylation is 1. The lowest BCUT2D eigenvalue weighted by atomic mass is 10.4. The third kappa shape index (κ3) is 1.62. The second kappa shape index (κ2) is 3.06. The van der Waals surface area contributed by atoms with Crippen molar-refractivity contribution in [3.8, 4) is 11.5 Å². The molecule has 0 saturated carbocycles. The van der Waals surface area contributed by atoms with Crippen LogP contribution in [0.25, 0.3) is 11.5 Å². The summed E-state index contributed by atoms with van der Waals surface area (Å²) in [7, 11) is 1.68. The molecule has 2 aromatic heterocycles. The normalized spacial score (nSPS) is 10.3. The second-order valence-corrected chi connectivity index (χ2v) is 2.71. The Kier molecular flexibility index (Phi) is 1.90. The van der Waals surface area contributed by atoms with Crippen molar-refractivity contribution in [2.75, 3.05) is 0 Å². The Hall–Kier alpha value is -1.56. The molecule has 0 spiro atoms. The van der Waals surface area contributed by atoms with E-state index < -0.39 is 0 Å². The molecular weight excluding hydrogens is 192 g/mol. The molecular formula is C6H5ClN6. The summed E-state index contributed by atoms with van der Waals surface area (Å²) in [5.41, 5.74) is 0.553. The van der Waals surface area contributed by atoms with E-state index in [0.29, 0.717) is 16.7 Å². The molecule has 6 nitrogen and oxygen atoms in total. The van der Waals surface area contributed by atoms with Gasteiger partial charge in [0.25, 0.3) is 0 Å². The smallest absolute Gasteiger partial charge is 0.224 e. The molecule has 0 aliphatic rings. The Morgan fingerprint density at radius 2 is 2.15 bits per heavy atom. The van der Waals surface area contributed by atoms with Crippen molar-refractivity contribution in [3.05, 3.63) is 17.5 Å². The van der Waals surface area contributed by atoms with Crippen molar-refractivity contribution in [3.63, 3.8) is 0 Å². The van der Waals surface area contributed by atoms with E-state index in [1.165, 1.54) is 17.2 Å². The molecule has 0 N–H and O–H groups in total. The lowest BCUT2D eigenvalue weighted by Gasteiger charge is -1.91. The molecule has 0 saturated heterocycles. The number of hydrogen-bond donors (Lipinski definition) is 0. The van der Waals surface area contributed by atoms with Crippen molar-refractivity contribution in [1.82, 2.24) is 30.2 Å². The van der Waals surface area contributed by atoms with E-state index >= 15 is 0 Å². The highest BCUT2D eigenvalue weighted by atomic mass is 35.5. The molecule has 0 bridgehead atoms. The zero-order valence-corrected chi connectivity index (χ0v) is 7.47. The van der Waals surface area contributed by atoms with Crippen LogP contribution in [0.2, 0.25) is 5.15 Å². The van der Waals surface area contributed by atoms with Gasteiger partial charge in [-0.25, -0.2) is 9.97 Å². The lowest BCUT2D eigenvalue weighted by molar-refractivity contribution is 0.630. The molecule has 2 aromatic rings. The van der Waals surface area contributed by atoms with E-state index in [0.717, 1.165) is 0 Å². The first kappa shape index (κ1) is 8.06. The lowest BCUT2D eigenvalue weighted by Crippen LogP contribution is -1.92. The average Bonchev–Trinajstić information content (AvgIpc) is 2.53. The van der Waals surface area contributed by atoms with Crippen LogP contribution in [0.1, 0.15) is 0 Å². The van der Waals surface area contributed by atoms with E-state index in [1.807, 2.05) is 0 Å². The van der Waals surface area contributed by atoms with Crippen LogP contribution in [0.3, 0.4) is 0 Å². The minimum Gasteiger partial charge on any atom is -0.248 e. The van der Waals surface area contributed by atoms with Gasteiger partial charge in [-0.2, -0.15) is 4.80 Å². The molecule has 0 aliphatic heterocycles. The summed E-state index contributed by atoms with van der Waals surface area (Å²) in [6.07, 6.45) is 2.94. The minimum atomic E-state index is 0.340. The topological polar surface area (TPSA) is 69.4 Å². The molecule has 0 radical (unpaired) electrons. The monoisotopic (exact) mass is 196 g/mol. The van der Waals surface area contributed by atoms with Gasteiger partial charge in [-0.15, -0.1) is 10.2 Å². The fourth-order valence-electron chi connectivity index (χ4n) is 0.814. The fraction of sp³-hybridized carbons (Fsp3) is 0.167. The van der Waals surface area contributed by atoms with Crippen molar-refractivity contribution < 1.29 is 0 Å². The summed E-state index contributed by atoms with van der Waals surface area (Å²) in [6.45, 7) is 0. The largest absolute Gasteiger partial charge is 0.248 e. The molecule has 0 aromatic carbocycles. The summed E-state index contributed by atoms with van der Waals surface area (Å²) < 4.78 is 0. The predicted octanol–water partition coefficient (Wildman–Crippen LogP) is 0.320. The van der Waals surface area contributed by atoms with Gasteiger partial charge < -0.3 is 0 Å². The first-order chi connectivity index (χ1) is 6.25. The van der Waals surface area contributed by atoms with Gasteiger partial charge in [0, 0.05) is 0 Å². The van der Waals surface area contributed by atoms with Gasteiger partial charge in [-0.3, -0.25) is 0 Å². The minimum absolute atomic E-state index is 0.340. The number of nitrogens with zero attached hydrogens (tertiary/aromatic N) is 6. The number of aromatic nitrogens is 6. The maximum atomic E-state index is 5.57. The summed E-state index contributed by atoms with van der Waals surface area (Å²) in [5, 5.41) is 11.7. The zero-order valence-electron chi connectivity index (χ0n) is 6.72. The van der Waals surface area contributed by atoms with Crippen LogP contribution >= 0.6 is 11.6 Å². The van der Waals surface area contributed by atoms with Crippen LogP contribution in [-0.2, 0) is 7.05 Å². The summed E-state index contributed by atoms with van der Waals surface area (Å²) in [6, 6.07) is 0. The molecule has 0 aliphatic carbocycles. The van der Waals surface area contributed by atoms with E-state index in [4.69, 9.17) is 11.6 Å². The number of hydrogen-bond acceptors (Lipinski definition) is 5. The van der Waals surface area contributed by atoms with E-state index in [9.17, 15) is 0 Å². The molecule has 0 amide bonds. The Bertz CT molecular complexity index is 407. The van der Waals surface area contributed by atoms with E-state index in [-0.39, 0.29) is 0 Å². The molecule has 0 fully saturated rings. The van der Waals surface area contributed by atoms with Crippen LogP contribution in [-0.4, -0.2) is 30.2 Å². The molecule has 66 valence electrons. The Balaban J connectivity index is 2.41. The van der Waals surface area contributed by atoms with Gasteiger partial charge in [0.15, 0.2) is 0 Å². The zero-order chi connectivity index (χ0) is 9.26. The van der Waals surface area contributed by atoms with Gasteiger partial charge in [0.05, 0.1) is 19.4 Å². The highest BCUT2D eigenvalue weighted by Crippen LogP contribution is 2.09. The molecule has 2 rings (SSSR count). The van der Waals surface area contributed by atoms with Crippen LogP contribution in [0.4, 0.5) is 0 Å². The molecule has 13 heavy (non-hydrogen) atoms. The van der Waals surface area contributed by atoms with Crippen LogP contribution in [0.5, 0.6) is 0 Å². The highest BCUT2D eigenvalue weighted by Gasteiger charge is 2.05. The maximum Gasteiger partial charge on any atom is 0.224 e. The third-order valence-electron chi connectivity index (χ3n) is 1.36. The van der Waals surface area contributed by atoms with Gasteiger partial charge >= 0.3 is 0 Å². The van der Waals surface area contributed by atoms with Crippen molar-refractivity contribution in [2.24, 2.45) is 7.05 Å². The van der Waals surface area contributed by atoms with Crippen LogP contribution in [0, 0.1) is 0 Å². The summed E-state index contributed by atoms with van der Waals surface area (Å²) in [5.74, 6) is 0.437. The van der Waals surface area contributed by atoms with E-state index in [2.05, 4.69) is 25.4 Å². The van der Waals surface area contributed by atoms with Gasteiger partial charge in [0.2, 0.25) is 5.82 Å². The fourth-order valence-corrected chi connectivity index (χ4v) is 0.912. The standard InChI is InChI=1S/C6H5ClN6/c1-13-11-6(10-12-13)4-2-9-5(7)3-8-4/h2-3H,1H3. The van der Waals surface area contributed by atoms with Crippen molar-refractivity contribution >= 4 is 11.6 Å². The molecule has 0 atom stereocenters. The van der Waals surface area contributed by atoms with Gasteiger partial charge in [-0.1, -0.05) is 11.6 Å². The van der Waals surface area contributed by atoms with Gasteiger partial charge in [-0.05, 0) is 5.21 Å². The second-order valence-electron chi connectivity index (χ2n) is 2.33. The Morgan fingerprint density at radius 1 is 1.31 bits per heavy atom. The molecule has 7 heteroatoms.